The van der Waals surface area contributed by atoms with E-state index in [4.69, 9.17) is 5.11 Å². The molecule has 4 nitrogen and oxygen atoms in total. The minimum Gasteiger partial charge on any atom is -0.396 e. The quantitative estimate of drug-likeness (QED) is 0.710. The zero-order chi connectivity index (χ0) is 14.9. The van der Waals surface area contributed by atoms with Crippen LogP contribution in [-0.4, -0.2) is 65.4 Å². The minimum absolute atomic E-state index is 0.227. The summed E-state index contributed by atoms with van der Waals surface area (Å²) >= 11 is 0. The molecule has 118 valence electrons. The van der Waals surface area contributed by atoms with Crippen molar-refractivity contribution in [1.29, 1.82) is 0 Å². The van der Waals surface area contributed by atoms with E-state index in [2.05, 4.69) is 40.1 Å². The first-order valence-electron chi connectivity index (χ1n) is 8.05. The van der Waals surface area contributed by atoms with Gasteiger partial charge in [0.15, 0.2) is 0 Å². The number of hydrogen-bond donors (Lipinski definition) is 2. The monoisotopic (exact) mass is 292 g/mol. The average molecular weight is 292 g/mol. The molecule has 2 N–H and O–H groups in total. The summed E-state index contributed by atoms with van der Waals surface area (Å²) in [6.45, 7) is 6.22. The van der Waals surface area contributed by atoms with Gasteiger partial charge < -0.3 is 10.2 Å². The van der Waals surface area contributed by atoms with Crippen molar-refractivity contribution in [1.82, 2.24) is 9.80 Å². The van der Waals surface area contributed by atoms with Crippen molar-refractivity contribution >= 4 is 0 Å². The van der Waals surface area contributed by atoms with Crippen LogP contribution in [0.25, 0.3) is 0 Å². The lowest BCUT2D eigenvalue weighted by molar-refractivity contribution is 0.0645. The summed E-state index contributed by atoms with van der Waals surface area (Å²) in [5.41, 5.74) is 1.37. The van der Waals surface area contributed by atoms with Crippen LogP contribution >= 0.6 is 0 Å². The number of aliphatic hydroxyl groups is 2. The minimum atomic E-state index is -0.253. The fourth-order valence-electron chi connectivity index (χ4n) is 2.85. The smallest absolute Gasteiger partial charge is 0.0667 e. The molecule has 0 aliphatic carbocycles. The molecule has 0 bridgehead atoms. The molecular weight excluding hydrogens is 264 g/mol. The maximum Gasteiger partial charge on any atom is 0.0667 e. The van der Waals surface area contributed by atoms with Crippen molar-refractivity contribution in [3.8, 4) is 0 Å². The maximum absolute atomic E-state index is 9.99. The van der Waals surface area contributed by atoms with E-state index in [0.29, 0.717) is 0 Å². The Morgan fingerprint density at radius 1 is 0.952 bits per heavy atom. The largest absolute Gasteiger partial charge is 0.396 e. The van der Waals surface area contributed by atoms with Gasteiger partial charge in [-0.1, -0.05) is 30.3 Å². The molecule has 1 aliphatic heterocycles. The number of unbranched alkanes of at least 4 members (excludes halogenated alkanes) is 1. The van der Waals surface area contributed by atoms with Gasteiger partial charge in [-0.2, -0.15) is 0 Å². The molecule has 1 unspecified atom stereocenters. The molecule has 1 heterocycles. The molecule has 1 aliphatic rings. The van der Waals surface area contributed by atoms with Crippen LogP contribution in [0.15, 0.2) is 30.3 Å². The van der Waals surface area contributed by atoms with E-state index < -0.39 is 0 Å². The Labute approximate surface area is 128 Å². The highest BCUT2D eigenvalue weighted by molar-refractivity contribution is 5.14. The van der Waals surface area contributed by atoms with Gasteiger partial charge in [-0.05, 0) is 24.8 Å². The Balaban J connectivity index is 1.64. The number of β-amino-alcohol motifs (C(OH)–C–C–N with tert-alkyl or cyclic N) is 1. The molecule has 21 heavy (non-hydrogen) atoms. The van der Waals surface area contributed by atoms with Gasteiger partial charge in [-0.25, -0.2) is 0 Å². The Morgan fingerprint density at radius 3 is 2.29 bits per heavy atom. The Morgan fingerprint density at radius 2 is 1.62 bits per heavy atom. The third-order valence-corrected chi connectivity index (χ3v) is 4.13. The van der Waals surface area contributed by atoms with Gasteiger partial charge in [0.25, 0.3) is 0 Å². The summed E-state index contributed by atoms with van der Waals surface area (Å²) in [5, 5.41) is 18.7. The Hall–Kier alpha value is -0.940. The fraction of sp³-hybridized carbons (Fsp3) is 0.647. The van der Waals surface area contributed by atoms with Gasteiger partial charge in [0.05, 0.1) is 6.10 Å². The summed E-state index contributed by atoms with van der Waals surface area (Å²) in [4.78, 5) is 4.83. The predicted octanol–water partition coefficient (Wildman–Crippen LogP) is 1.33. The first kappa shape index (κ1) is 16.4. The van der Waals surface area contributed by atoms with Gasteiger partial charge in [0.2, 0.25) is 0 Å². The number of aliphatic hydroxyl groups excluding tert-OH is 2. The van der Waals surface area contributed by atoms with E-state index in [1.807, 2.05) is 0 Å². The van der Waals surface area contributed by atoms with Gasteiger partial charge in [-0.15, -0.1) is 0 Å². The second-order valence-electron chi connectivity index (χ2n) is 5.94. The molecule has 1 aromatic carbocycles. The van der Waals surface area contributed by atoms with Crippen LogP contribution in [0.5, 0.6) is 0 Å². The van der Waals surface area contributed by atoms with E-state index >= 15 is 0 Å². The van der Waals surface area contributed by atoms with Crippen LogP contribution in [0, 0.1) is 0 Å². The predicted molar refractivity (Wildman–Crippen MR) is 85.1 cm³/mol. The van der Waals surface area contributed by atoms with Crippen LogP contribution in [-0.2, 0) is 6.54 Å². The first-order valence-corrected chi connectivity index (χ1v) is 8.05. The number of piperazine rings is 1. The molecule has 0 aromatic heterocycles. The lowest BCUT2D eigenvalue weighted by Crippen LogP contribution is -2.48. The van der Waals surface area contributed by atoms with Crippen molar-refractivity contribution in [2.24, 2.45) is 0 Å². The van der Waals surface area contributed by atoms with E-state index in [-0.39, 0.29) is 12.7 Å². The number of rotatable bonds is 8. The lowest BCUT2D eigenvalue weighted by atomic mass is 10.1. The Kier molecular flexibility index (Phi) is 7.16. The zero-order valence-corrected chi connectivity index (χ0v) is 12.8. The van der Waals surface area contributed by atoms with Crippen molar-refractivity contribution in [2.75, 3.05) is 39.3 Å². The molecule has 0 saturated carbocycles. The number of benzene rings is 1. The molecule has 1 saturated heterocycles. The van der Waals surface area contributed by atoms with Gasteiger partial charge in [-0.3, -0.25) is 9.80 Å². The van der Waals surface area contributed by atoms with Crippen LogP contribution in [0.4, 0.5) is 0 Å². The molecule has 1 atom stereocenters. The lowest BCUT2D eigenvalue weighted by Gasteiger charge is -2.35. The molecule has 2 rings (SSSR count). The second-order valence-corrected chi connectivity index (χ2v) is 5.94. The normalized spacial score (nSPS) is 18.8. The summed E-state index contributed by atoms with van der Waals surface area (Å²) in [5.74, 6) is 0. The molecule has 0 spiro atoms. The van der Waals surface area contributed by atoms with E-state index in [1.54, 1.807) is 0 Å². The summed E-state index contributed by atoms with van der Waals surface area (Å²) in [6, 6.07) is 10.6. The molecule has 4 heteroatoms. The summed E-state index contributed by atoms with van der Waals surface area (Å²) < 4.78 is 0. The van der Waals surface area contributed by atoms with Crippen molar-refractivity contribution in [3.63, 3.8) is 0 Å². The van der Waals surface area contributed by atoms with Gasteiger partial charge in [0, 0.05) is 45.9 Å². The van der Waals surface area contributed by atoms with Crippen LogP contribution < -0.4 is 0 Å². The second kappa shape index (κ2) is 9.15. The molecule has 0 amide bonds. The van der Waals surface area contributed by atoms with Crippen molar-refractivity contribution in [3.05, 3.63) is 35.9 Å². The fourth-order valence-corrected chi connectivity index (χ4v) is 2.85. The van der Waals surface area contributed by atoms with E-state index in [1.165, 1.54) is 5.56 Å². The van der Waals surface area contributed by atoms with E-state index in [9.17, 15) is 5.11 Å². The summed E-state index contributed by atoms with van der Waals surface area (Å²) in [6.07, 6.45) is 2.25. The van der Waals surface area contributed by atoms with Crippen LogP contribution in [0.3, 0.4) is 0 Å². The van der Waals surface area contributed by atoms with Crippen molar-refractivity contribution < 1.29 is 10.2 Å². The Bertz CT molecular complexity index is 378. The van der Waals surface area contributed by atoms with Gasteiger partial charge >= 0.3 is 0 Å². The first-order chi connectivity index (χ1) is 10.3. The van der Waals surface area contributed by atoms with Crippen molar-refractivity contribution in [2.45, 2.75) is 31.9 Å². The topological polar surface area (TPSA) is 46.9 Å². The molecule has 1 fully saturated rings. The maximum atomic E-state index is 9.99. The third-order valence-electron chi connectivity index (χ3n) is 4.13. The number of hydrogen-bond acceptors (Lipinski definition) is 4. The zero-order valence-electron chi connectivity index (χ0n) is 12.8. The summed E-state index contributed by atoms with van der Waals surface area (Å²) in [7, 11) is 0. The number of nitrogens with zero attached hydrogens (tertiary/aromatic N) is 2. The highest BCUT2D eigenvalue weighted by Crippen LogP contribution is 2.10. The molecule has 0 radical (unpaired) electrons. The SMILES string of the molecule is OCCCCC(O)CN1CCN(Cc2ccccc2)CC1. The van der Waals surface area contributed by atoms with Crippen LogP contribution in [0.1, 0.15) is 24.8 Å². The average Bonchev–Trinajstić information content (AvgIpc) is 2.51. The van der Waals surface area contributed by atoms with Crippen LogP contribution in [0.2, 0.25) is 0 Å². The molecular formula is C17H28N2O2. The standard InChI is InChI=1S/C17H28N2O2/c20-13-5-4-8-17(21)15-19-11-9-18(10-12-19)14-16-6-2-1-3-7-16/h1-3,6-7,17,20-21H,4-5,8-15H2. The van der Waals surface area contributed by atoms with E-state index in [0.717, 1.165) is 58.5 Å². The highest BCUT2D eigenvalue weighted by atomic mass is 16.3. The molecule has 1 aromatic rings. The highest BCUT2D eigenvalue weighted by Gasteiger charge is 2.18. The van der Waals surface area contributed by atoms with Gasteiger partial charge in [0.1, 0.15) is 0 Å². The third kappa shape index (κ3) is 6.14.